The standard InChI is InChI=1S/C20H23F3N2O3S/c21-20(22,23)15-6-4-14(5-7-15)19-25-16(13-29-19)11-18(26)24-8-2-9-27-12-17-3-1-10-28-17/h4-7,13,17H,1-3,8-12H2,(H,24,26). The van der Waals surface area contributed by atoms with E-state index >= 15 is 0 Å². The molecule has 1 aromatic carbocycles. The molecule has 0 spiro atoms. The number of hydrogen-bond donors (Lipinski definition) is 1. The van der Waals surface area contributed by atoms with Crippen LogP contribution in [0.5, 0.6) is 0 Å². The number of ether oxygens (including phenoxy) is 2. The summed E-state index contributed by atoms with van der Waals surface area (Å²) in [7, 11) is 0. The predicted octanol–water partition coefficient (Wildman–Crippen LogP) is 4.07. The van der Waals surface area contributed by atoms with Crippen LogP contribution in [0, 0.1) is 0 Å². The Hall–Kier alpha value is -1.97. The van der Waals surface area contributed by atoms with Gasteiger partial charge in [-0.3, -0.25) is 4.79 Å². The Labute approximate surface area is 171 Å². The molecule has 1 aromatic heterocycles. The number of nitrogens with one attached hydrogen (secondary N) is 1. The number of carbonyl (C=O) groups excluding carboxylic acids is 1. The molecule has 5 nitrogen and oxygen atoms in total. The summed E-state index contributed by atoms with van der Waals surface area (Å²) in [6.45, 7) is 2.48. The number of benzene rings is 1. The molecule has 9 heteroatoms. The number of halogens is 3. The maximum atomic E-state index is 12.6. The molecule has 0 radical (unpaired) electrons. The lowest BCUT2D eigenvalue weighted by Crippen LogP contribution is -2.27. The van der Waals surface area contributed by atoms with E-state index in [0.717, 1.165) is 31.6 Å². The van der Waals surface area contributed by atoms with E-state index in [1.165, 1.54) is 23.5 Å². The largest absolute Gasteiger partial charge is 0.416 e. The zero-order chi connectivity index (χ0) is 20.7. The normalized spacial score (nSPS) is 16.9. The molecule has 2 aromatic rings. The maximum absolute atomic E-state index is 12.6. The van der Waals surface area contributed by atoms with Crippen molar-refractivity contribution in [3.63, 3.8) is 0 Å². The van der Waals surface area contributed by atoms with E-state index in [2.05, 4.69) is 10.3 Å². The SMILES string of the molecule is O=C(Cc1csc(-c2ccc(C(F)(F)F)cc2)n1)NCCCOCC1CCCO1. The van der Waals surface area contributed by atoms with Crippen LogP contribution in [0.25, 0.3) is 10.6 Å². The van der Waals surface area contributed by atoms with Crippen LogP contribution in [-0.4, -0.2) is 43.4 Å². The smallest absolute Gasteiger partial charge is 0.379 e. The highest BCUT2D eigenvalue weighted by Crippen LogP contribution is 2.31. The highest BCUT2D eigenvalue weighted by atomic mass is 32.1. The summed E-state index contributed by atoms with van der Waals surface area (Å²) in [5.74, 6) is -0.145. The van der Waals surface area contributed by atoms with Gasteiger partial charge in [0.15, 0.2) is 0 Å². The summed E-state index contributed by atoms with van der Waals surface area (Å²) in [6, 6.07) is 4.85. The van der Waals surface area contributed by atoms with Crippen LogP contribution < -0.4 is 5.32 Å². The van der Waals surface area contributed by atoms with Crippen molar-refractivity contribution in [2.24, 2.45) is 0 Å². The molecule has 0 aliphatic carbocycles. The Morgan fingerprint density at radius 3 is 2.79 bits per heavy atom. The first-order valence-corrected chi connectivity index (χ1v) is 10.4. The van der Waals surface area contributed by atoms with Crippen molar-refractivity contribution in [2.75, 3.05) is 26.4 Å². The molecule has 1 atom stereocenters. The summed E-state index contributed by atoms with van der Waals surface area (Å²) >= 11 is 1.30. The van der Waals surface area contributed by atoms with E-state index < -0.39 is 11.7 Å². The minimum Gasteiger partial charge on any atom is -0.379 e. The van der Waals surface area contributed by atoms with Crippen molar-refractivity contribution >= 4 is 17.2 Å². The van der Waals surface area contributed by atoms with Crippen molar-refractivity contribution < 1.29 is 27.4 Å². The zero-order valence-corrected chi connectivity index (χ0v) is 16.7. The molecule has 29 heavy (non-hydrogen) atoms. The second-order valence-corrected chi connectivity index (χ2v) is 7.67. The van der Waals surface area contributed by atoms with Crippen molar-refractivity contribution in [1.29, 1.82) is 0 Å². The molecule has 1 fully saturated rings. The van der Waals surface area contributed by atoms with Gasteiger partial charge in [0.05, 0.1) is 30.4 Å². The summed E-state index contributed by atoms with van der Waals surface area (Å²) in [5.41, 5.74) is 0.493. The topological polar surface area (TPSA) is 60.5 Å². The molecule has 1 N–H and O–H groups in total. The highest BCUT2D eigenvalue weighted by molar-refractivity contribution is 7.13. The second kappa shape index (κ2) is 10.2. The molecule has 1 unspecified atom stereocenters. The molecular weight excluding hydrogens is 405 g/mol. The van der Waals surface area contributed by atoms with Gasteiger partial charge in [0.2, 0.25) is 5.91 Å². The lowest BCUT2D eigenvalue weighted by molar-refractivity contribution is -0.137. The van der Waals surface area contributed by atoms with Crippen LogP contribution in [-0.2, 0) is 26.9 Å². The third-order valence-electron chi connectivity index (χ3n) is 4.47. The molecule has 0 saturated carbocycles. The van der Waals surface area contributed by atoms with E-state index in [-0.39, 0.29) is 18.4 Å². The van der Waals surface area contributed by atoms with Gasteiger partial charge in [-0.2, -0.15) is 13.2 Å². The third kappa shape index (κ3) is 6.80. The summed E-state index contributed by atoms with van der Waals surface area (Å²) in [6.07, 6.45) is -1.19. The lowest BCUT2D eigenvalue weighted by Gasteiger charge is -2.10. The number of alkyl halides is 3. The molecule has 2 heterocycles. The van der Waals surface area contributed by atoms with Gasteiger partial charge in [0.25, 0.3) is 0 Å². The van der Waals surface area contributed by atoms with E-state index in [1.54, 1.807) is 5.38 Å². The monoisotopic (exact) mass is 428 g/mol. The second-order valence-electron chi connectivity index (χ2n) is 6.81. The lowest BCUT2D eigenvalue weighted by atomic mass is 10.1. The number of carbonyl (C=O) groups is 1. The zero-order valence-electron chi connectivity index (χ0n) is 15.8. The van der Waals surface area contributed by atoms with Gasteiger partial charge in [-0.1, -0.05) is 12.1 Å². The average Bonchev–Trinajstić information content (AvgIpc) is 3.36. The molecular formula is C20H23F3N2O3S. The molecule has 1 aliphatic heterocycles. The minimum absolute atomic E-state index is 0.133. The summed E-state index contributed by atoms with van der Waals surface area (Å²) in [5, 5.41) is 5.16. The molecule has 1 saturated heterocycles. The van der Waals surface area contributed by atoms with Crippen molar-refractivity contribution in [2.45, 2.75) is 38.0 Å². The van der Waals surface area contributed by atoms with Gasteiger partial charge < -0.3 is 14.8 Å². The molecule has 3 rings (SSSR count). The van der Waals surface area contributed by atoms with Gasteiger partial charge in [0.1, 0.15) is 5.01 Å². The Kier molecular flexibility index (Phi) is 7.63. The van der Waals surface area contributed by atoms with E-state index in [9.17, 15) is 18.0 Å². The van der Waals surface area contributed by atoms with Crippen LogP contribution >= 0.6 is 11.3 Å². The number of amides is 1. The molecule has 158 valence electrons. The maximum Gasteiger partial charge on any atom is 0.416 e. The van der Waals surface area contributed by atoms with Crippen LogP contribution in [0.3, 0.4) is 0 Å². The number of hydrogen-bond acceptors (Lipinski definition) is 5. The molecule has 1 amide bonds. The fourth-order valence-corrected chi connectivity index (χ4v) is 3.77. The van der Waals surface area contributed by atoms with Gasteiger partial charge in [0, 0.05) is 30.7 Å². The van der Waals surface area contributed by atoms with Crippen LogP contribution in [0.15, 0.2) is 29.6 Å². The van der Waals surface area contributed by atoms with Gasteiger partial charge in [-0.15, -0.1) is 11.3 Å². The summed E-state index contributed by atoms with van der Waals surface area (Å²) in [4.78, 5) is 16.4. The highest BCUT2D eigenvalue weighted by Gasteiger charge is 2.30. The first-order valence-electron chi connectivity index (χ1n) is 9.50. The van der Waals surface area contributed by atoms with Crippen molar-refractivity contribution in [3.8, 4) is 10.6 Å². The van der Waals surface area contributed by atoms with Crippen LogP contribution in [0.2, 0.25) is 0 Å². The van der Waals surface area contributed by atoms with Gasteiger partial charge in [-0.25, -0.2) is 4.98 Å². The predicted molar refractivity (Wildman–Crippen MR) is 104 cm³/mol. The number of aromatic nitrogens is 1. The Morgan fingerprint density at radius 2 is 2.10 bits per heavy atom. The Morgan fingerprint density at radius 1 is 1.31 bits per heavy atom. The Bertz CT molecular complexity index is 787. The fourth-order valence-electron chi connectivity index (χ4n) is 2.94. The third-order valence-corrected chi connectivity index (χ3v) is 5.41. The fraction of sp³-hybridized carbons (Fsp3) is 0.500. The number of thiazole rings is 1. The van der Waals surface area contributed by atoms with Crippen molar-refractivity contribution in [1.82, 2.24) is 10.3 Å². The molecule has 0 bridgehead atoms. The van der Waals surface area contributed by atoms with E-state index in [4.69, 9.17) is 9.47 Å². The average molecular weight is 428 g/mol. The number of nitrogens with zero attached hydrogens (tertiary/aromatic N) is 1. The first-order chi connectivity index (χ1) is 13.9. The number of rotatable bonds is 9. The van der Waals surface area contributed by atoms with E-state index in [0.29, 0.717) is 42.4 Å². The first kappa shape index (κ1) is 21.7. The minimum atomic E-state index is -4.36. The quantitative estimate of drug-likeness (QED) is 0.612. The molecule has 1 aliphatic rings. The Balaban J connectivity index is 1.37. The van der Waals surface area contributed by atoms with Crippen molar-refractivity contribution in [3.05, 3.63) is 40.9 Å². The van der Waals surface area contributed by atoms with Crippen LogP contribution in [0.4, 0.5) is 13.2 Å². The van der Waals surface area contributed by atoms with Crippen LogP contribution in [0.1, 0.15) is 30.5 Å². The summed E-state index contributed by atoms with van der Waals surface area (Å²) < 4.78 is 48.9. The van der Waals surface area contributed by atoms with Gasteiger partial charge in [-0.05, 0) is 31.4 Å². The van der Waals surface area contributed by atoms with Gasteiger partial charge >= 0.3 is 6.18 Å². The van der Waals surface area contributed by atoms with E-state index in [1.807, 2.05) is 0 Å².